The van der Waals surface area contributed by atoms with Crippen LogP contribution in [0.1, 0.15) is 50.5 Å². The molecule has 4 saturated carbocycles. The molecule has 30 heavy (non-hydrogen) atoms. The summed E-state index contributed by atoms with van der Waals surface area (Å²) in [5, 5.41) is 10.3. The SMILES string of the molecule is O=C(OCc1ccc(F)cc1Br)[C@H]1C[C@@H](O)CN1C(=O)C12CC3CC(CC(C3)C1)C2. The van der Waals surface area contributed by atoms with Crippen molar-refractivity contribution in [2.75, 3.05) is 6.54 Å². The van der Waals surface area contributed by atoms with Gasteiger partial charge < -0.3 is 14.7 Å². The Bertz CT molecular complexity index is 839. The van der Waals surface area contributed by atoms with Crippen LogP contribution in [-0.4, -0.2) is 40.6 Å². The Morgan fingerprint density at radius 3 is 2.37 bits per heavy atom. The van der Waals surface area contributed by atoms with Gasteiger partial charge in [0.1, 0.15) is 18.5 Å². The third kappa shape index (κ3) is 3.58. The van der Waals surface area contributed by atoms with Crippen molar-refractivity contribution >= 4 is 27.8 Å². The minimum absolute atomic E-state index is 0.00825. The van der Waals surface area contributed by atoms with Crippen molar-refractivity contribution in [3.05, 3.63) is 34.1 Å². The van der Waals surface area contributed by atoms with Crippen LogP contribution in [0.15, 0.2) is 22.7 Å². The van der Waals surface area contributed by atoms with E-state index in [1.807, 2.05) is 0 Å². The third-order valence-electron chi connectivity index (χ3n) is 7.69. The molecule has 4 bridgehead atoms. The third-order valence-corrected chi connectivity index (χ3v) is 8.43. The number of aliphatic hydroxyl groups is 1. The van der Waals surface area contributed by atoms with Gasteiger partial charge in [-0.05, 0) is 68.4 Å². The molecule has 0 radical (unpaired) electrons. The van der Waals surface area contributed by atoms with Crippen molar-refractivity contribution < 1.29 is 23.8 Å². The molecule has 6 rings (SSSR count). The van der Waals surface area contributed by atoms with Gasteiger partial charge in [0, 0.05) is 23.0 Å². The van der Waals surface area contributed by atoms with Crippen LogP contribution in [0.2, 0.25) is 0 Å². The van der Waals surface area contributed by atoms with E-state index in [-0.39, 0.29) is 36.7 Å². The van der Waals surface area contributed by atoms with E-state index in [4.69, 9.17) is 4.74 Å². The zero-order valence-electron chi connectivity index (χ0n) is 16.9. The van der Waals surface area contributed by atoms with E-state index in [1.165, 1.54) is 31.4 Å². The maximum atomic E-state index is 13.7. The molecule has 0 aromatic heterocycles. The van der Waals surface area contributed by atoms with E-state index in [9.17, 15) is 19.1 Å². The summed E-state index contributed by atoms with van der Waals surface area (Å²) in [6.07, 6.45) is 6.01. The first kappa shape index (κ1) is 20.4. The Balaban J connectivity index is 1.30. The number of hydrogen-bond acceptors (Lipinski definition) is 4. The number of ether oxygens (including phenoxy) is 1. The molecule has 5 nitrogen and oxygen atoms in total. The highest BCUT2D eigenvalue weighted by Crippen LogP contribution is 2.60. The molecule has 4 aliphatic carbocycles. The number of benzene rings is 1. The van der Waals surface area contributed by atoms with Gasteiger partial charge >= 0.3 is 5.97 Å². The average molecular weight is 480 g/mol. The zero-order valence-corrected chi connectivity index (χ0v) is 18.4. The first-order chi connectivity index (χ1) is 14.3. The fourth-order valence-electron chi connectivity index (χ4n) is 6.82. The lowest BCUT2D eigenvalue weighted by Crippen LogP contribution is -2.56. The molecule has 0 spiro atoms. The van der Waals surface area contributed by atoms with Crippen molar-refractivity contribution in [2.45, 2.75) is 63.7 Å². The minimum atomic E-state index is -0.750. The molecular weight excluding hydrogens is 453 g/mol. The predicted octanol–water partition coefficient (Wildman–Crippen LogP) is 3.81. The topological polar surface area (TPSA) is 66.8 Å². The molecule has 1 aromatic carbocycles. The van der Waals surface area contributed by atoms with Gasteiger partial charge in [-0.3, -0.25) is 4.79 Å². The lowest BCUT2D eigenvalue weighted by molar-refractivity contribution is -0.166. The number of esters is 1. The van der Waals surface area contributed by atoms with E-state index in [2.05, 4.69) is 15.9 Å². The average Bonchev–Trinajstić information content (AvgIpc) is 3.07. The summed E-state index contributed by atoms with van der Waals surface area (Å²) in [4.78, 5) is 28.1. The van der Waals surface area contributed by atoms with Crippen molar-refractivity contribution in [3.63, 3.8) is 0 Å². The van der Waals surface area contributed by atoms with E-state index >= 15 is 0 Å². The molecule has 7 heteroatoms. The second-order valence-electron chi connectivity index (χ2n) is 9.90. The van der Waals surface area contributed by atoms with Crippen LogP contribution in [0.4, 0.5) is 4.39 Å². The quantitative estimate of drug-likeness (QED) is 0.666. The summed E-state index contributed by atoms with van der Waals surface area (Å²) < 4.78 is 19.3. The van der Waals surface area contributed by atoms with Crippen LogP contribution < -0.4 is 0 Å². The van der Waals surface area contributed by atoms with Crippen LogP contribution in [0.3, 0.4) is 0 Å². The van der Waals surface area contributed by atoms with Crippen LogP contribution >= 0.6 is 15.9 Å². The van der Waals surface area contributed by atoms with E-state index < -0.39 is 18.1 Å². The molecule has 1 saturated heterocycles. The normalized spacial score (nSPS) is 36.9. The van der Waals surface area contributed by atoms with Gasteiger partial charge in [0.15, 0.2) is 0 Å². The van der Waals surface area contributed by atoms with Gasteiger partial charge in [-0.1, -0.05) is 22.0 Å². The molecule has 2 atom stereocenters. The first-order valence-electron chi connectivity index (χ1n) is 10.9. The van der Waals surface area contributed by atoms with Gasteiger partial charge in [0.05, 0.1) is 11.5 Å². The number of nitrogens with zero attached hydrogens (tertiary/aromatic N) is 1. The number of halogens is 2. The van der Waals surface area contributed by atoms with Crippen LogP contribution in [0.25, 0.3) is 0 Å². The fraction of sp³-hybridized carbons (Fsp3) is 0.652. The number of hydrogen-bond donors (Lipinski definition) is 1. The summed E-state index contributed by atoms with van der Waals surface area (Å²) >= 11 is 3.28. The molecule has 0 unspecified atom stereocenters. The molecular formula is C23H27BrFNO4. The van der Waals surface area contributed by atoms with Gasteiger partial charge in [0.25, 0.3) is 0 Å². The second kappa shape index (κ2) is 7.59. The summed E-state index contributed by atoms with van der Waals surface area (Å²) in [5.41, 5.74) is 0.305. The molecule has 1 aliphatic heterocycles. The summed E-state index contributed by atoms with van der Waals surface area (Å²) in [6.45, 7) is 0.187. The molecule has 5 aliphatic rings. The van der Waals surface area contributed by atoms with Crippen molar-refractivity contribution in [1.82, 2.24) is 4.90 Å². The molecule has 1 heterocycles. The number of aliphatic hydroxyl groups excluding tert-OH is 1. The number of likely N-dealkylation sites (tertiary alicyclic amines) is 1. The lowest BCUT2D eigenvalue weighted by atomic mass is 9.49. The maximum Gasteiger partial charge on any atom is 0.329 e. The number of amides is 1. The Labute approximate surface area is 184 Å². The second-order valence-corrected chi connectivity index (χ2v) is 10.8. The standard InChI is InChI=1S/C23H27BrFNO4/c24-19-6-17(25)2-1-16(19)12-30-21(28)20-7-18(27)11-26(20)22(29)23-8-13-3-14(9-23)5-15(4-13)10-23/h1-2,6,13-15,18,20,27H,3-5,7-12H2/t13?,14?,15?,18-,20-,23?/m1/s1. The van der Waals surface area contributed by atoms with Crippen molar-refractivity contribution in [1.29, 1.82) is 0 Å². The number of β-amino-alcohol motifs (C(OH)–C–C–N with tert-alkyl or cyclic N) is 1. The molecule has 1 aromatic rings. The van der Waals surface area contributed by atoms with Crippen molar-refractivity contribution in [2.24, 2.45) is 23.2 Å². The Morgan fingerprint density at radius 2 is 1.77 bits per heavy atom. The van der Waals surface area contributed by atoms with Gasteiger partial charge in [-0.25, -0.2) is 9.18 Å². The number of carbonyl (C=O) groups is 2. The van der Waals surface area contributed by atoms with Crippen LogP contribution in [0, 0.1) is 29.0 Å². The highest BCUT2D eigenvalue weighted by molar-refractivity contribution is 9.10. The minimum Gasteiger partial charge on any atom is -0.459 e. The Hall–Kier alpha value is -1.47. The molecule has 162 valence electrons. The number of rotatable bonds is 4. The van der Waals surface area contributed by atoms with Crippen molar-refractivity contribution in [3.8, 4) is 0 Å². The van der Waals surface area contributed by atoms with E-state index in [1.54, 1.807) is 11.0 Å². The van der Waals surface area contributed by atoms with Gasteiger partial charge in [-0.2, -0.15) is 0 Å². The first-order valence-corrected chi connectivity index (χ1v) is 11.7. The Kier molecular flexibility index (Phi) is 5.17. The summed E-state index contributed by atoms with van der Waals surface area (Å²) in [6, 6.07) is 3.45. The zero-order chi connectivity index (χ0) is 21.0. The van der Waals surface area contributed by atoms with Gasteiger partial charge in [0.2, 0.25) is 5.91 Å². The van der Waals surface area contributed by atoms with Crippen LogP contribution in [0.5, 0.6) is 0 Å². The van der Waals surface area contributed by atoms with E-state index in [0.29, 0.717) is 27.8 Å². The maximum absolute atomic E-state index is 13.7. The molecule has 1 amide bonds. The molecule has 5 fully saturated rings. The Morgan fingerprint density at radius 1 is 1.13 bits per heavy atom. The smallest absolute Gasteiger partial charge is 0.329 e. The summed E-state index contributed by atoms with van der Waals surface area (Å²) in [5.74, 6) is 1.07. The molecule has 1 N–H and O–H groups in total. The highest BCUT2D eigenvalue weighted by atomic mass is 79.9. The lowest BCUT2D eigenvalue weighted by Gasteiger charge is -2.56. The van der Waals surface area contributed by atoms with Crippen LogP contribution in [-0.2, 0) is 20.9 Å². The largest absolute Gasteiger partial charge is 0.459 e. The fourth-order valence-corrected chi connectivity index (χ4v) is 7.29. The predicted molar refractivity (Wildman–Crippen MR) is 111 cm³/mol. The highest BCUT2D eigenvalue weighted by Gasteiger charge is 2.57. The van der Waals surface area contributed by atoms with Gasteiger partial charge in [-0.15, -0.1) is 0 Å². The monoisotopic (exact) mass is 479 g/mol. The van der Waals surface area contributed by atoms with E-state index in [0.717, 1.165) is 19.3 Å². The number of carbonyl (C=O) groups excluding carboxylic acids is 2. The summed E-state index contributed by atoms with van der Waals surface area (Å²) in [7, 11) is 0.